The zero-order valence-electron chi connectivity index (χ0n) is 14.1. The first-order valence-electron chi connectivity index (χ1n) is 9.18. The molecule has 2 saturated carbocycles. The molecule has 0 radical (unpaired) electrons. The van der Waals surface area contributed by atoms with Gasteiger partial charge < -0.3 is 15.0 Å². The van der Waals surface area contributed by atoms with Crippen molar-refractivity contribution in [3.05, 3.63) is 0 Å². The lowest BCUT2D eigenvalue weighted by atomic mass is 9.78. The second kappa shape index (κ2) is 6.97. The lowest BCUT2D eigenvalue weighted by Crippen LogP contribution is -2.49. The first-order valence-corrected chi connectivity index (χ1v) is 9.18. The molecule has 122 valence electrons. The molecule has 0 unspecified atom stereocenters. The predicted octanol–water partition coefficient (Wildman–Crippen LogP) is 3.05. The van der Waals surface area contributed by atoms with Crippen molar-refractivity contribution in [2.75, 3.05) is 33.4 Å². The molecule has 1 aliphatic heterocycles. The van der Waals surface area contributed by atoms with Crippen LogP contribution in [-0.4, -0.2) is 50.3 Å². The molecule has 1 saturated heterocycles. The summed E-state index contributed by atoms with van der Waals surface area (Å²) in [7, 11) is 2.37. The van der Waals surface area contributed by atoms with E-state index in [0.29, 0.717) is 5.41 Å². The van der Waals surface area contributed by atoms with Crippen molar-refractivity contribution in [2.24, 2.45) is 11.3 Å². The standard InChI is InChI=1S/C18H34N2O/c1-15-3-7-17(8-4-15)20(2)14-18(9-11-21-12-10-18)13-19-16-5-6-16/h15-17,19H,3-14H2,1-2H3. The minimum Gasteiger partial charge on any atom is -0.381 e. The summed E-state index contributed by atoms with van der Waals surface area (Å²) in [4.78, 5) is 2.69. The van der Waals surface area contributed by atoms with Gasteiger partial charge in [-0.3, -0.25) is 0 Å². The summed E-state index contributed by atoms with van der Waals surface area (Å²) in [6.45, 7) is 6.79. The summed E-state index contributed by atoms with van der Waals surface area (Å²) in [6.07, 6.45) is 10.9. The molecule has 3 fully saturated rings. The van der Waals surface area contributed by atoms with Crippen LogP contribution in [0.1, 0.15) is 58.3 Å². The van der Waals surface area contributed by atoms with Gasteiger partial charge in [0.1, 0.15) is 0 Å². The van der Waals surface area contributed by atoms with Gasteiger partial charge in [-0.15, -0.1) is 0 Å². The van der Waals surface area contributed by atoms with Crippen LogP contribution in [0.3, 0.4) is 0 Å². The van der Waals surface area contributed by atoms with Crippen LogP contribution in [0.2, 0.25) is 0 Å². The zero-order chi connectivity index (χ0) is 14.7. The van der Waals surface area contributed by atoms with E-state index in [-0.39, 0.29) is 0 Å². The van der Waals surface area contributed by atoms with E-state index in [1.165, 1.54) is 64.5 Å². The van der Waals surface area contributed by atoms with Gasteiger partial charge >= 0.3 is 0 Å². The fourth-order valence-corrected chi connectivity index (χ4v) is 4.18. The Balaban J connectivity index is 1.54. The zero-order valence-corrected chi connectivity index (χ0v) is 14.1. The smallest absolute Gasteiger partial charge is 0.0472 e. The molecule has 0 amide bonds. The van der Waals surface area contributed by atoms with E-state index in [1.807, 2.05) is 0 Å². The van der Waals surface area contributed by atoms with Crippen molar-refractivity contribution >= 4 is 0 Å². The van der Waals surface area contributed by atoms with Gasteiger partial charge in [-0.1, -0.05) is 6.92 Å². The van der Waals surface area contributed by atoms with Crippen LogP contribution in [0.15, 0.2) is 0 Å². The third kappa shape index (κ3) is 4.43. The van der Waals surface area contributed by atoms with Crippen LogP contribution in [0.5, 0.6) is 0 Å². The van der Waals surface area contributed by atoms with Crippen molar-refractivity contribution in [3.63, 3.8) is 0 Å². The maximum Gasteiger partial charge on any atom is 0.0472 e. The van der Waals surface area contributed by atoms with Gasteiger partial charge in [0.25, 0.3) is 0 Å². The Morgan fingerprint density at radius 1 is 1.05 bits per heavy atom. The van der Waals surface area contributed by atoms with Crippen LogP contribution < -0.4 is 5.32 Å². The van der Waals surface area contributed by atoms with E-state index in [2.05, 4.69) is 24.2 Å². The van der Waals surface area contributed by atoms with Crippen molar-refractivity contribution in [1.29, 1.82) is 0 Å². The average Bonchev–Trinajstić information content (AvgIpc) is 3.31. The molecule has 3 aliphatic rings. The summed E-state index contributed by atoms with van der Waals surface area (Å²) >= 11 is 0. The largest absolute Gasteiger partial charge is 0.381 e. The van der Waals surface area contributed by atoms with Crippen molar-refractivity contribution in [3.8, 4) is 0 Å². The van der Waals surface area contributed by atoms with Gasteiger partial charge in [0, 0.05) is 38.4 Å². The average molecular weight is 294 g/mol. The minimum absolute atomic E-state index is 0.457. The monoisotopic (exact) mass is 294 g/mol. The quantitative estimate of drug-likeness (QED) is 0.815. The first-order chi connectivity index (χ1) is 10.2. The minimum atomic E-state index is 0.457. The maximum absolute atomic E-state index is 5.64. The molecule has 2 aliphatic carbocycles. The molecule has 1 N–H and O–H groups in total. The van der Waals surface area contributed by atoms with Crippen LogP contribution in [-0.2, 0) is 4.74 Å². The van der Waals surface area contributed by atoms with Crippen molar-refractivity contribution in [2.45, 2.75) is 70.4 Å². The molecule has 21 heavy (non-hydrogen) atoms. The SMILES string of the molecule is CC1CCC(N(C)CC2(CNC3CC3)CCOCC2)CC1. The van der Waals surface area contributed by atoms with Crippen LogP contribution >= 0.6 is 0 Å². The second-order valence-electron chi connectivity index (χ2n) is 8.10. The van der Waals surface area contributed by atoms with E-state index < -0.39 is 0 Å². The van der Waals surface area contributed by atoms with Crippen molar-refractivity contribution in [1.82, 2.24) is 10.2 Å². The number of hydrogen-bond donors (Lipinski definition) is 1. The van der Waals surface area contributed by atoms with E-state index in [9.17, 15) is 0 Å². The fourth-order valence-electron chi connectivity index (χ4n) is 4.18. The van der Waals surface area contributed by atoms with Gasteiger partial charge in [0.15, 0.2) is 0 Å². The van der Waals surface area contributed by atoms with E-state index >= 15 is 0 Å². The Morgan fingerprint density at radius 3 is 2.33 bits per heavy atom. The van der Waals surface area contributed by atoms with Crippen LogP contribution in [0, 0.1) is 11.3 Å². The third-order valence-corrected chi connectivity index (χ3v) is 6.09. The van der Waals surface area contributed by atoms with Gasteiger partial charge in [-0.2, -0.15) is 0 Å². The van der Waals surface area contributed by atoms with Gasteiger partial charge in [0.05, 0.1) is 0 Å². The highest BCUT2D eigenvalue weighted by Gasteiger charge is 2.37. The highest BCUT2D eigenvalue weighted by molar-refractivity contribution is 4.92. The first kappa shape index (κ1) is 15.8. The molecular formula is C18H34N2O. The molecule has 3 nitrogen and oxygen atoms in total. The van der Waals surface area contributed by atoms with Crippen molar-refractivity contribution < 1.29 is 4.74 Å². The highest BCUT2D eigenvalue weighted by Crippen LogP contribution is 2.34. The Hall–Kier alpha value is -0.120. The van der Waals surface area contributed by atoms with E-state index in [4.69, 9.17) is 4.74 Å². The molecular weight excluding hydrogens is 260 g/mol. The summed E-state index contributed by atoms with van der Waals surface area (Å²) in [6, 6.07) is 1.65. The number of rotatable bonds is 6. The normalized spacial score (nSPS) is 33.3. The number of nitrogens with one attached hydrogen (secondary N) is 1. The Bertz CT molecular complexity index is 315. The number of nitrogens with zero attached hydrogens (tertiary/aromatic N) is 1. The third-order valence-electron chi connectivity index (χ3n) is 6.09. The summed E-state index contributed by atoms with van der Waals surface area (Å²) in [5.41, 5.74) is 0.457. The molecule has 0 aromatic rings. The summed E-state index contributed by atoms with van der Waals surface area (Å²) < 4.78 is 5.64. The molecule has 1 heterocycles. The van der Waals surface area contributed by atoms with Gasteiger partial charge in [-0.25, -0.2) is 0 Å². The predicted molar refractivity (Wildman–Crippen MR) is 87.6 cm³/mol. The second-order valence-corrected chi connectivity index (χ2v) is 8.10. The van der Waals surface area contributed by atoms with E-state index in [0.717, 1.165) is 31.2 Å². The lowest BCUT2D eigenvalue weighted by Gasteiger charge is -2.43. The Morgan fingerprint density at radius 2 is 1.71 bits per heavy atom. The highest BCUT2D eigenvalue weighted by atomic mass is 16.5. The molecule has 0 aromatic heterocycles. The summed E-state index contributed by atoms with van der Waals surface area (Å²) in [5, 5.41) is 3.80. The lowest BCUT2D eigenvalue weighted by molar-refractivity contribution is -0.0104. The fraction of sp³-hybridized carbons (Fsp3) is 1.00. The van der Waals surface area contributed by atoms with E-state index in [1.54, 1.807) is 0 Å². The maximum atomic E-state index is 5.64. The van der Waals surface area contributed by atoms with Crippen LogP contribution in [0.25, 0.3) is 0 Å². The Labute approximate surface area is 130 Å². The van der Waals surface area contributed by atoms with Crippen LogP contribution in [0.4, 0.5) is 0 Å². The molecule has 0 spiro atoms. The summed E-state index contributed by atoms with van der Waals surface area (Å²) in [5.74, 6) is 0.947. The number of ether oxygens (including phenoxy) is 1. The molecule has 0 bridgehead atoms. The topological polar surface area (TPSA) is 24.5 Å². The molecule has 0 atom stereocenters. The molecule has 3 heteroatoms. The number of hydrogen-bond acceptors (Lipinski definition) is 3. The van der Waals surface area contributed by atoms with Gasteiger partial charge in [0.2, 0.25) is 0 Å². The van der Waals surface area contributed by atoms with Gasteiger partial charge in [-0.05, 0) is 69.7 Å². The Kier molecular flexibility index (Phi) is 5.23. The molecule has 0 aromatic carbocycles. The molecule has 3 rings (SSSR count).